The van der Waals surface area contributed by atoms with Crippen LogP contribution in [0.2, 0.25) is 0 Å². The third-order valence-electron chi connectivity index (χ3n) is 3.64. The predicted octanol–water partition coefficient (Wildman–Crippen LogP) is 2.35. The quantitative estimate of drug-likeness (QED) is 0.597. The summed E-state index contributed by atoms with van der Waals surface area (Å²) in [7, 11) is 0. The molecule has 0 amide bonds. The maximum Gasteiger partial charge on any atom is 0.0443 e. The lowest BCUT2D eigenvalue weighted by Crippen LogP contribution is -2.43. The number of nitrogens with one attached hydrogen (secondary N) is 1. The highest BCUT2D eigenvalue weighted by Gasteiger charge is 2.24. The minimum atomic E-state index is 0.297. The van der Waals surface area contributed by atoms with Crippen LogP contribution in [0.1, 0.15) is 47.5 Å². The van der Waals surface area contributed by atoms with Crippen LogP contribution in [0.5, 0.6) is 0 Å². The summed E-state index contributed by atoms with van der Waals surface area (Å²) in [6, 6.07) is 0. The average molecular weight is 258 g/mol. The fraction of sp³-hybridized carbons (Fsp3) is 1.00. The molecule has 3 heteroatoms. The van der Waals surface area contributed by atoms with Gasteiger partial charge in [0.15, 0.2) is 0 Å². The van der Waals surface area contributed by atoms with Crippen molar-refractivity contribution in [2.75, 3.05) is 39.3 Å². The molecule has 0 aromatic heterocycles. The summed E-state index contributed by atoms with van der Waals surface area (Å²) in [6.45, 7) is 17.0. The standard InChI is InChI=1S/C15H34N2O/c1-6-15(5,12-16-11-14(3)4)13-17(7-2)9-8-10-18/h14,16,18H,6-13H2,1-5H3. The summed E-state index contributed by atoms with van der Waals surface area (Å²) in [6.07, 6.45) is 2.07. The van der Waals surface area contributed by atoms with Crippen LogP contribution >= 0.6 is 0 Å². The van der Waals surface area contributed by atoms with Crippen molar-refractivity contribution in [3.63, 3.8) is 0 Å². The zero-order chi connectivity index (χ0) is 14.0. The van der Waals surface area contributed by atoms with E-state index in [2.05, 4.69) is 44.8 Å². The van der Waals surface area contributed by atoms with Gasteiger partial charge in [-0.05, 0) is 37.3 Å². The van der Waals surface area contributed by atoms with Gasteiger partial charge in [0.05, 0.1) is 0 Å². The lowest BCUT2D eigenvalue weighted by molar-refractivity contribution is 0.148. The third-order valence-corrected chi connectivity index (χ3v) is 3.64. The number of hydrogen-bond acceptors (Lipinski definition) is 3. The number of rotatable bonds is 11. The molecular weight excluding hydrogens is 224 g/mol. The molecule has 0 radical (unpaired) electrons. The summed E-state index contributed by atoms with van der Waals surface area (Å²) in [5.74, 6) is 0.711. The normalized spacial score (nSPS) is 15.3. The molecule has 0 saturated carbocycles. The molecule has 0 rings (SSSR count). The lowest BCUT2D eigenvalue weighted by Gasteiger charge is -2.35. The second kappa shape index (κ2) is 9.76. The third kappa shape index (κ3) is 8.06. The van der Waals surface area contributed by atoms with Gasteiger partial charge in [0, 0.05) is 26.2 Å². The maximum absolute atomic E-state index is 8.93. The monoisotopic (exact) mass is 258 g/mol. The molecule has 1 unspecified atom stereocenters. The zero-order valence-electron chi connectivity index (χ0n) is 13.1. The molecule has 3 nitrogen and oxygen atoms in total. The summed E-state index contributed by atoms with van der Waals surface area (Å²) in [4.78, 5) is 2.46. The van der Waals surface area contributed by atoms with Gasteiger partial charge in [-0.2, -0.15) is 0 Å². The Labute approximate surface area is 114 Å². The Bertz CT molecular complexity index is 197. The topological polar surface area (TPSA) is 35.5 Å². The van der Waals surface area contributed by atoms with Gasteiger partial charge in [-0.3, -0.25) is 0 Å². The van der Waals surface area contributed by atoms with Crippen molar-refractivity contribution in [3.8, 4) is 0 Å². The predicted molar refractivity (Wildman–Crippen MR) is 79.9 cm³/mol. The van der Waals surface area contributed by atoms with Gasteiger partial charge in [0.2, 0.25) is 0 Å². The van der Waals surface area contributed by atoms with Gasteiger partial charge < -0.3 is 15.3 Å². The molecule has 110 valence electrons. The number of aliphatic hydroxyl groups excluding tert-OH is 1. The second-order valence-corrected chi connectivity index (χ2v) is 6.13. The minimum Gasteiger partial charge on any atom is -0.396 e. The van der Waals surface area contributed by atoms with E-state index in [-0.39, 0.29) is 0 Å². The first-order valence-corrected chi connectivity index (χ1v) is 7.51. The molecule has 0 fully saturated rings. The highest BCUT2D eigenvalue weighted by atomic mass is 16.3. The summed E-state index contributed by atoms with van der Waals surface area (Å²) >= 11 is 0. The first-order chi connectivity index (χ1) is 8.47. The van der Waals surface area contributed by atoms with E-state index in [0.717, 1.165) is 39.1 Å². The Balaban J connectivity index is 4.16. The Morgan fingerprint density at radius 2 is 1.94 bits per heavy atom. The Kier molecular flexibility index (Phi) is 9.70. The van der Waals surface area contributed by atoms with E-state index in [1.54, 1.807) is 0 Å². The molecule has 0 aromatic rings. The molecule has 0 spiro atoms. The lowest BCUT2D eigenvalue weighted by atomic mass is 9.86. The number of aliphatic hydroxyl groups is 1. The number of nitrogens with zero attached hydrogens (tertiary/aromatic N) is 1. The molecule has 0 aliphatic rings. The van der Waals surface area contributed by atoms with Crippen molar-refractivity contribution < 1.29 is 5.11 Å². The largest absolute Gasteiger partial charge is 0.396 e. The van der Waals surface area contributed by atoms with Crippen LogP contribution in [0.15, 0.2) is 0 Å². The summed E-state index contributed by atoms with van der Waals surface area (Å²) in [5.41, 5.74) is 0.334. The molecule has 18 heavy (non-hydrogen) atoms. The van der Waals surface area contributed by atoms with Gasteiger partial charge in [-0.25, -0.2) is 0 Å². The second-order valence-electron chi connectivity index (χ2n) is 6.13. The van der Waals surface area contributed by atoms with E-state index in [9.17, 15) is 0 Å². The van der Waals surface area contributed by atoms with Crippen LogP contribution in [0.25, 0.3) is 0 Å². The number of hydrogen-bond donors (Lipinski definition) is 2. The summed E-state index contributed by atoms with van der Waals surface area (Å²) in [5, 5.41) is 12.5. The van der Waals surface area contributed by atoms with Crippen molar-refractivity contribution in [3.05, 3.63) is 0 Å². The van der Waals surface area contributed by atoms with Crippen LogP contribution in [0.4, 0.5) is 0 Å². The minimum absolute atomic E-state index is 0.297. The van der Waals surface area contributed by atoms with Crippen LogP contribution in [-0.4, -0.2) is 49.3 Å². The molecule has 0 aliphatic carbocycles. The van der Waals surface area contributed by atoms with Gasteiger partial charge in [0.1, 0.15) is 0 Å². The molecule has 0 bridgehead atoms. The Morgan fingerprint density at radius 3 is 2.39 bits per heavy atom. The van der Waals surface area contributed by atoms with Crippen molar-refractivity contribution >= 4 is 0 Å². The van der Waals surface area contributed by atoms with Crippen LogP contribution < -0.4 is 5.32 Å². The van der Waals surface area contributed by atoms with Gasteiger partial charge >= 0.3 is 0 Å². The fourth-order valence-corrected chi connectivity index (χ4v) is 2.14. The van der Waals surface area contributed by atoms with Crippen LogP contribution in [-0.2, 0) is 0 Å². The fourth-order valence-electron chi connectivity index (χ4n) is 2.14. The first-order valence-electron chi connectivity index (χ1n) is 7.51. The van der Waals surface area contributed by atoms with Gasteiger partial charge in [0.25, 0.3) is 0 Å². The van der Waals surface area contributed by atoms with E-state index in [1.807, 2.05) is 0 Å². The molecule has 0 heterocycles. The SMILES string of the molecule is CCN(CCCO)CC(C)(CC)CNCC(C)C. The highest BCUT2D eigenvalue weighted by Crippen LogP contribution is 2.21. The molecule has 0 aromatic carbocycles. The van der Waals surface area contributed by atoms with Crippen molar-refractivity contribution in [1.82, 2.24) is 10.2 Å². The summed E-state index contributed by atoms with van der Waals surface area (Å²) < 4.78 is 0. The molecule has 1 atom stereocenters. The maximum atomic E-state index is 8.93. The van der Waals surface area contributed by atoms with Crippen molar-refractivity contribution in [2.24, 2.45) is 11.3 Å². The Morgan fingerprint density at radius 1 is 1.28 bits per heavy atom. The molecule has 0 aliphatic heterocycles. The van der Waals surface area contributed by atoms with E-state index in [1.165, 1.54) is 6.42 Å². The Hall–Kier alpha value is -0.120. The first kappa shape index (κ1) is 17.9. The van der Waals surface area contributed by atoms with E-state index in [0.29, 0.717) is 17.9 Å². The van der Waals surface area contributed by atoms with Crippen LogP contribution in [0, 0.1) is 11.3 Å². The zero-order valence-corrected chi connectivity index (χ0v) is 13.1. The van der Waals surface area contributed by atoms with Gasteiger partial charge in [-0.1, -0.05) is 34.6 Å². The van der Waals surface area contributed by atoms with E-state index < -0.39 is 0 Å². The van der Waals surface area contributed by atoms with Crippen molar-refractivity contribution in [1.29, 1.82) is 0 Å². The molecule has 0 saturated heterocycles. The van der Waals surface area contributed by atoms with E-state index in [4.69, 9.17) is 5.11 Å². The highest BCUT2D eigenvalue weighted by molar-refractivity contribution is 4.79. The van der Waals surface area contributed by atoms with Gasteiger partial charge in [-0.15, -0.1) is 0 Å². The van der Waals surface area contributed by atoms with Crippen LogP contribution in [0.3, 0.4) is 0 Å². The molecular formula is C15H34N2O. The molecule has 2 N–H and O–H groups in total. The van der Waals surface area contributed by atoms with Crippen molar-refractivity contribution in [2.45, 2.75) is 47.5 Å². The smallest absolute Gasteiger partial charge is 0.0443 e. The van der Waals surface area contributed by atoms with E-state index >= 15 is 0 Å². The average Bonchev–Trinajstić information content (AvgIpc) is 2.34.